The van der Waals surface area contributed by atoms with Gasteiger partial charge in [0.1, 0.15) is 0 Å². The molecule has 0 saturated heterocycles. The van der Waals surface area contributed by atoms with Gasteiger partial charge in [0.2, 0.25) is 0 Å². The third-order valence-corrected chi connectivity index (χ3v) is 4.06. The van der Waals surface area contributed by atoms with Crippen molar-refractivity contribution >= 4 is 35.9 Å². The Balaban J connectivity index is 0. The Labute approximate surface area is 172 Å². The van der Waals surface area contributed by atoms with Crippen molar-refractivity contribution in [1.29, 1.82) is 5.41 Å². The number of rotatable bonds is 13. The molecule has 0 aliphatic carbocycles. The first kappa shape index (κ1) is 26.5. The van der Waals surface area contributed by atoms with Crippen molar-refractivity contribution in [2.45, 2.75) is 64.2 Å². The zero-order valence-electron chi connectivity index (χ0n) is 16.8. The van der Waals surface area contributed by atoms with Crippen molar-refractivity contribution in [3.05, 3.63) is 0 Å². The highest BCUT2D eigenvalue weighted by Gasteiger charge is 1.97. The summed E-state index contributed by atoms with van der Waals surface area (Å²) in [6.07, 6.45) is 12.8. The van der Waals surface area contributed by atoms with E-state index in [1.165, 1.54) is 51.4 Å². The quantitative estimate of drug-likeness (QED) is 0.167. The molecule has 0 aromatic carbocycles. The van der Waals surface area contributed by atoms with E-state index < -0.39 is 0 Å². The van der Waals surface area contributed by atoms with E-state index in [9.17, 15) is 0 Å². The molecular weight excluding hydrogens is 427 g/mol. The highest BCUT2D eigenvalue weighted by molar-refractivity contribution is 14.0. The number of guanidine groups is 2. The van der Waals surface area contributed by atoms with Crippen LogP contribution in [0.4, 0.5) is 0 Å². The molecule has 0 heterocycles. The van der Waals surface area contributed by atoms with Crippen molar-refractivity contribution in [2.24, 2.45) is 10.7 Å². The molecule has 150 valence electrons. The van der Waals surface area contributed by atoms with Gasteiger partial charge in [-0.15, -0.1) is 24.0 Å². The summed E-state index contributed by atoms with van der Waals surface area (Å²) in [5, 5.41) is 10.8. The Bertz CT molecular complexity index is 344. The summed E-state index contributed by atoms with van der Waals surface area (Å²) in [7, 11) is 7.62. The molecule has 0 radical (unpaired) electrons. The van der Waals surface area contributed by atoms with Gasteiger partial charge in [0.15, 0.2) is 11.9 Å². The molecule has 0 rings (SSSR count). The first-order chi connectivity index (χ1) is 11.4. The highest BCUT2D eigenvalue weighted by atomic mass is 127. The topological polar surface area (TPSA) is 80.7 Å². The summed E-state index contributed by atoms with van der Waals surface area (Å²) >= 11 is 0. The number of aliphatic imine (C=N–C) groups is 1. The van der Waals surface area contributed by atoms with E-state index in [1.807, 2.05) is 33.1 Å². The smallest absolute Gasteiger partial charge is 0.190 e. The molecule has 0 aromatic heterocycles. The zero-order chi connectivity index (χ0) is 18.2. The fraction of sp³-hybridized carbons (Fsp3) is 0.889. The molecule has 0 aliphatic rings. The van der Waals surface area contributed by atoms with Crippen LogP contribution >= 0.6 is 24.0 Å². The Morgan fingerprint density at radius 2 is 1.24 bits per heavy atom. The molecule has 0 fully saturated rings. The van der Waals surface area contributed by atoms with E-state index in [-0.39, 0.29) is 24.0 Å². The van der Waals surface area contributed by atoms with E-state index in [0.717, 1.165) is 25.9 Å². The van der Waals surface area contributed by atoms with Crippen molar-refractivity contribution in [3.8, 4) is 0 Å². The maximum atomic E-state index is 7.64. The van der Waals surface area contributed by atoms with Gasteiger partial charge in [-0.25, -0.2) is 0 Å². The van der Waals surface area contributed by atoms with Crippen LogP contribution in [-0.4, -0.2) is 63.0 Å². The SMILES string of the molecule is CN(C)C(=N)NCCCCCCCCCCCCN=C(N)N(C)C.I. The second-order valence-electron chi connectivity index (χ2n) is 6.84. The summed E-state index contributed by atoms with van der Waals surface area (Å²) in [4.78, 5) is 7.97. The van der Waals surface area contributed by atoms with Gasteiger partial charge in [-0.3, -0.25) is 10.4 Å². The number of nitrogens with zero attached hydrogens (tertiary/aromatic N) is 3. The minimum Gasteiger partial charge on any atom is -0.370 e. The van der Waals surface area contributed by atoms with Crippen LogP contribution in [0, 0.1) is 5.41 Å². The van der Waals surface area contributed by atoms with E-state index in [4.69, 9.17) is 11.1 Å². The maximum Gasteiger partial charge on any atom is 0.190 e. The minimum absolute atomic E-state index is 0. The molecule has 4 N–H and O–H groups in total. The molecule has 0 saturated carbocycles. The lowest BCUT2D eigenvalue weighted by atomic mass is 10.1. The first-order valence-corrected chi connectivity index (χ1v) is 9.42. The first-order valence-electron chi connectivity index (χ1n) is 9.42. The number of hydrogen-bond acceptors (Lipinski definition) is 2. The van der Waals surface area contributed by atoms with Crippen LogP contribution in [0.15, 0.2) is 4.99 Å². The van der Waals surface area contributed by atoms with Crippen LogP contribution in [0.5, 0.6) is 0 Å². The monoisotopic (exact) mass is 468 g/mol. The van der Waals surface area contributed by atoms with E-state index in [2.05, 4.69) is 10.3 Å². The maximum absolute atomic E-state index is 7.64. The van der Waals surface area contributed by atoms with Gasteiger partial charge in [-0.05, 0) is 12.8 Å². The summed E-state index contributed by atoms with van der Waals surface area (Å²) < 4.78 is 0. The van der Waals surface area contributed by atoms with Crippen LogP contribution in [0.3, 0.4) is 0 Å². The molecule has 7 heteroatoms. The third kappa shape index (κ3) is 17.9. The van der Waals surface area contributed by atoms with Gasteiger partial charge in [0.25, 0.3) is 0 Å². The molecule has 25 heavy (non-hydrogen) atoms. The number of nitrogens with one attached hydrogen (secondary N) is 2. The average molecular weight is 468 g/mol. The van der Waals surface area contributed by atoms with Gasteiger partial charge in [-0.1, -0.05) is 51.4 Å². The largest absolute Gasteiger partial charge is 0.370 e. The normalized spacial score (nSPS) is 11.0. The molecule has 0 amide bonds. The second-order valence-corrected chi connectivity index (χ2v) is 6.84. The molecule has 6 nitrogen and oxygen atoms in total. The predicted octanol–water partition coefficient (Wildman–Crippen LogP) is 3.47. The summed E-state index contributed by atoms with van der Waals surface area (Å²) in [5.41, 5.74) is 5.74. The Morgan fingerprint density at radius 3 is 1.68 bits per heavy atom. The lowest BCUT2D eigenvalue weighted by molar-refractivity contribution is 0.540. The molecule has 0 aliphatic heterocycles. The van der Waals surface area contributed by atoms with Gasteiger partial charge >= 0.3 is 0 Å². The number of nitrogens with two attached hydrogens (primary N) is 1. The predicted molar refractivity (Wildman–Crippen MR) is 121 cm³/mol. The molecule has 0 bridgehead atoms. The van der Waals surface area contributed by atoms with Gasteiger partial charge in [0, 0.05) is 41.3 Å². The lowest BCUT2D eigenvalue weighted by Crippen LogP contribution is -2.35. The number of halogens is 1. The van der Waals surface area contributed by atoms with Crippen molar-refractivity contribution in [2.75, 3.05) is 41.3 Å². The number of unbranched alkanes of at least 4 members (excludes halogenated alkanes) is 9. The summed E-state index contributed by atoms with van der Waals surface area (Å²) in [6, 6.07) is 0. The fourth-order valence-corrected chi connectivity index (χ4v) is 2.35. The zero-order valence-corrected chi connectivity index (χ0v) is 19.1. The minimum atomic E-state index is 0. The Kier molecular flexibility index (Phi) is 19.2. The van der Waals surface area contributed by atoms with Crippen LogP contribution in [0.1, 0.15) is 64.2 Å². The third-order valence-electron chi connectivity index (χ3n) is 4.06. The molecular formula is C18H41IN6. The van der Waals surface area contributed by atoms with Gasteiger partial charge < -0.3 is 20.9 Å². The van der Waals surface area contributed by atoms with Crippen molar-refractivity contribution in [1.82, 2.24) is 15.1 Å². The van der Waals surface area contributed by atoms with E-state index in [1.54, 1.807) is 4.90 Å². The van der Waals surface area contributed by atoms with Crippen molar-refractivity contribution < 1.29 is 0 Å². The molecule has 0 spiro atoms. The van der Waals surface area contributed by atoms with Gasteiger partial charge in [-0.2, -0.15) is 0 Å². The van der Waals surface area contributed by atoms with Gasteiger partial charge in [0.05, 0.1) is 0 Å². The van der Waals surface area contributed by atoms with Crippen LogP contribution in [0.25, 0.3) is 0 Å². The Morgan fingerprint density at radius 1 is 0.800 bits per heavy atom. The number of hydrogen-bond donors (Lipinski definition) is 3. The van der Waals surface area contributed by atoms with Crippen LogP contribution in [-0.2, 0) is 0 Å². The lowest BCUT2D eigenvalue weighted by Gasteiger charge is -2.14. The molecule has 0 atom stereocenters. The summed E-state index contributed by atoms with van der Waals surface area (Å²) in [5.74, 6) is 1.13. The average Bonchev–Trinajstić information content (AvgIpc) is 2.54. The van der Waals surface area contributed by atoms with Crippen molar-refractivity contribution in [3.63, 3.8) is 0 Å². The van der Waals surface area contributed by atoms with E-state index in [0.29, 0.717) is 11.9 Å². The summed E-state index contributed by atoms with van der Waals surface area (Å²) in [6.45, 7) is 1.77. The second kappa shape index (κ2) is 18.1. The van der Waals surface area contributed by atoms with Crippen LogP contribution < -0.4 is 11.1 Å². The molecule has 0 unspecified atom stereocenters. The molecule has 0 aromatic rings. The van der Waals surface area contributed by atoms with E-state index >= 15 is 0 Å². The standard InChI is InChI=1S/C18H40N6.HI/c1-23(2)17(19)21-15-13-11-9-7-5-6-8-10-12-14-16-22-18(20)24(3)4;/h5-16H2,1-4H3,(H2,19,21)(H2,20,22);1H. The van der Waals surface area contributed by atoms with Crippen LogP contribution in [0.2, 0.25) is 0 Å². The fourth-order valence-electron chi connectivity index (χ4n) is 2.35. The highest BCUT2D eigenvalue weighted by Crippen LogP contribution is 2.10. The Hall–Kier alpha value is -0.730.